The van der Waals surface area contributed by atoms with E-state index in [-0.39, 0.29) is 11.2 Å². The highest BCUT2D eigenvalue weighted by molar-refractivity contribution is 5.79. The number of morpholine rings is 1. The number of anilines is 1. The van der Waals surface area contributed by atoms with Crippen molar-refractivity contribution in [3.8, 4) is 0 Å². The number of nitro groups is 1. The first-order valence-electron chi connectivity index (χ1n) is 9.18. The lowest BCUT2D eigenvalue weighted by Crippen LogP contribution is -2.56. The second-order valence-corrected chi connectivity index (χ2v) is 7.00. The van der Waals surface area contributed by atoms with Gasteiger partial charge in [-0.1, -0.05) is 0 Å². The monoisotopic (exact) mass is 378 g/mol. The van der Waals surface area contributed by atoms with E-state index >= 15 is 0 Å². The highest BCUT2D eigenvalue weighted by Crippen LogP contribution is 2.15. The van der Waals surface area contributed by atoms with E-state index in [0.29, 0.717) is 13.1 Å². The van der Waals surface area contributed by atoms with E-state index < -0.39 is 4.92 Å². The number of hydrogen-bond acceptors (Lipinski definition) is 6. The molecule has 1 aromatic carbocycles. The van der Waals surface area contributed by atoms with Crippen LogP contribution in [0.2, 0.25) is 0 Å². The number of benzene rings is 1. The van der Waals surface area contributed by atoms with E-state index in [1.807, 2.05) is 0 Å². The van der Waals surface area contributed by atoms with Gasteiger partial charge in [0.15, 0.2) is 5.96 Å². The molecule has 1 fully saturated rings. The summed E-state index contributed by atoms with van der Waals surface area (Å²) in [6.45, 7) is 10.0. The maximum Gasteiger partial charge on any atom is 0.269 e. The van der Waals surface area contributed by atoms with Crippen LogP contribution in [0.3, 0.4) is 0 Å². The molecule has 0 aliphatic carbocycles. The summed E-state index contributed by atoms with van der Waals surface area (Å²) in [6, 6.07) is 6.39. The molecule has 0 unspecified atom stereocenters. The van der Waals surface area contributed by atoms with Crippen molar-refractivity contribution >= 4 is 17.3 Å². The molecule has 0 saturated carbocycles. The van der Waals surface area contributed by atoms with Crippen LogP contribution in [0.15, 0.2) is 29.3 Å². The quantitative estimate of drug-likeness (QED) is 0.206. The van der Waals surface area contributed by atoms with Crippen LogP contribution in [-0.2, 0) is 4.74 Å². The van der Waals surface area contributed by atoms with Gasteiger partial charge in [-0.25, -0.2) is 0 Å². The maximum atomic E-state index is 10.7. The molecule has 1 aliphatic rings. The third kappa shape index (κ3) is 6.69. The summed E-state index contributed by atoms with van der Waals surface area (Å²) in [5, 5.41) is 20.5. The first-order valence-corrected chi connectivity index (χ1v) is 9.18. The summed E-state index contributed by atoms with van der Waals surface area (Å²) in [4.78, 5) is 16.9. The summed E-state index contributed by atoms with van der Waals surface area (Å²) < 4.78 is 5.42. The molecule has 0 amide bonds. The molecular formula is C18H30N6O3. The van der Waals surface area contributed by atoms with Crippen LogP contribution in [0.5, 0.6) is 0 Å². The van der Waals surface area contributed by atoms with Gasteiger partial charge in [-0.05, 0) is 26.0 Å². The Bertz CT molecular complexity index is 626. The zero-order chi connectivity index (χ0) is 19.7. The summed E-state index contributed by atoms with van der Waals surface area (Å²) in [6.07, 6.45) is 0. The summed E-state index contributed by atoms with van der Waals surface area (Å²) >= 11 is 0. The lowest BCUT2D eigenvalue weighted by atomic mass is 10.0. The predicted octanol–water partition coefficient (Wildman–Crippen LogP) is 1.28. The molecule has 150 valence electrons. The van der Waals surface area contributed by atoms with Crippen molar-refractivity contribution < 1.29 is 9.66 Å². The number of nitrogens with zero attached hydrogens (tertiary/aromatic N) is 3. The maximum absolute atomic E-state index is 10.7. The molecule has 9 nitrogen and oxygen atoms in total. The van der Waals surface area contributed by atoms with Crippen LogP contribution in [0, 0.1) is 10.1 Å². The van der Waals surface area contributed by atoms with E-state index in [1.54, 1.807) is 19.2 Å². The fourth-order valence-corrected chi connectivity index (χ4v) is 2.89. The minimum Gasteiger partial charge on any atom is -0.383 e. The van der Waals surface area contributed by atoms with Crippen molar-refractivity contribution in [1.82, 2.24) is 15.5 Å². The van der Waals surface area contributed by atoms with Crippen LogP contribution < -0.4 is 16.0 Å². The average molecular weight is 378 g/mol. The molecule has 1 aliphatic heterocycles. The molecule has 0 radical (unpaired) electrons. The van der Waals surface area contributed by atoms with Crippen LogP contribution >= 0.6 is 0 Å². The lowest BCUT2D eigenvalue weighted by molar-refractivity contribution is -0.384. The Hall–Kier alpha value is -2.39. The van der Waals surface area contributed by atoms with Crippen molar-refractivity contribution in [3.05, 3.63) is 34.4 Å². The SMILES string of the molecule is CN=C(NCCNc1ccc([N+](=O)[O-])cc1)NCC(C)(C)N1CCOCC1. The van der Waals surface area contributed by atoms with Crippen LogP contribution in [0.4, 0.5) is 11.4 Å². The topological polar surface area (TPSA) is 104 Å². The predicted molar refractivity (Wildman–Crippen MR) is 107 cm³/mol. The largest absolute Gasteiger partial charge is 0.383 e. The zero-order valence-corrected chi connectivity index (χ0v) is 16.3. The Balaban J connectivity index is 1.69. The Kier molecular flexibility index (Phi) is 7.81. The number of hydrogen-bond donors (Lipinski definition) is 3. The second-order valence-electron chi connectivity index (χ2n) is 7.00. The molecule has 3 N–H and O–H groups in total. The first kappa shape index (κ1) is 20.9. The number of nitro benzene ring substituents is 1. The summed E-state index contributed by atoms with van der Waals surface area (Å²) in [5.74, 6) is 0.752. The Morgan fingerprint density at radius 2 is 1.89 bits per heavy atom. The van der Waals surface area contributed by atoms with Gasteiger partial charge in [0.2, 0.25) is 0 Å². The molecular weight excluding hydrogens is 348 g/mol. The fourth-order valence-electron chi connectivity index (χ4n) is 2.89. The standard InChI is InChI=1S/C18H30N6O3/c1-18(2,23-10-12-27-13-11-23)14-22-17(19-3)21-9-8-20-15-4-6-16(7-5-15)24(25)26/h4-7,20H,8-14H2,1-3H3,(H2,19,21,22). The Morgan fingerprint density at radius 1 is 1.22 bits per heavy atom. The number of nitrogens with one attached hydrogen (secondary N) is 3. The second kappa shape index (κ2) is 10.1. The van der Waals surface area contributed by atoms with Crippen LogP contribution in [0.1, 0.15) is 13.8 Å². The Labute approximate surface area is 160 Å². The fraction of sp³-hybridized carbons (Fsp3) is 0.611. The molecule has 1 aromatic rings. The van der Waals surface area contributed by atoms with Crippen molar-refractivity contribution in [1.29, 1.82) is 0 Å². The van der Waals surface area contributed by atoms with Gasteiger partial charge in [0.1, 0.15) is 0 Å². The van der Waals surface area contributed by atoms with Gasteiger partial charge < -0.3 is 20.7 Å². The highest BCUT2D eigenvalue weighted by Gasteiger charge is 2.28. The van der Waals surface area contributed by atoms with Gasteiger partial charge in [0, 0.05) is 63.1 Å². The molecule has 1 saturated heterocycles. The molecule has 0 aromatic heterocycles. The van der Waals surface area contributed by atoms with E-state index in [2.05, 4.69) is 39.7 Å². The zero-order valence-electron chi connectivity index (χ0n) is 16.3. The minimum absolute atomic E-state index is 0.0123. The smallest absolute Gasteiger partial charge is 0.269 e. The van der Waals surface area contributed by atoms with Gasteiger partial charge in [-0.3, -0.25) is 20.0 Å². The van der Waals surface area contributed by atoms with E-state index in [0.717, 1.165) is 44.5 Å². The van der Waals surface area contributed by atoms with E-state index in [1.165, 1.54) is 12.1 Å². The molecule has 9 heteroatoms. The van der Waals surface area contributed by atoms with Crippen molar-refractivity contribution in [2.75, 3.05) is 58.3 Å². The van der Waals surface area contributed by atoms with Crippen molar-refractivity contribution in [2.24, 2.45) is 4.99 Å². The summed E-state index contributed by atoms with van der Waals surface area (Å²) in [7, 11) is 1.75. The molecule has 0 bridgehead atoms. The van der Waals surface area contributed by atoms with Gasteiger partial charge in [-0.2, -0.15) is 0 Å². The van der Waals surface area contributed by atoms with E-state index in [9.17, 15) is 10.1 Å². The Morgan fingerprint density at radius 3 is 2.48 bits per heavy atom. The molecule has 0 atom stereocenters. The number of guanidine groups is 1. The van der Waals surface area contributed by atoms with Gasteiger partial charge in [0.25, 0.3) is 5.69 Å². The molecule has 0 spiro atoms. The summed E-state index contributed by atoms with van der Waals surface area (Å²) in [5.41, 5.74) is 0.947. The van der Waals surface area contributed by atoms with Gasteiger partial charge in [-0.15, -0.1) is 0 Å². The van der Waals surface area contributed by atoms with Crippen LogP contribution in [0.25, 0.3) is 0 Å². The number of rotatable bonds is 8. The van der Waals surface area contributed by atoms with Crippen molar-refractivity contribution in [2.45, 2.75) is 19.4 Å². The third-order valence-electron chi connectivity index (χ3n) is 4.60. The number of ether oxygens (including phenoxy) is 1. The minimum atomic E-state index is -0.403. The number of non-ortho nitro benzene ring substituents is 1. The molecule has 1 heterocycles. The van der Waals surface area contributed by atoms with Gasteiger partial charge >= 0.3 is 0 Å². The lowest BCUT2D eigenvalue weighted by Gasteiger charge is -2.41. The average Bonchev–Trinajstić information content (AvgIpc) is 2.68. The highest BCUT2D eigenvalue weighted by atomic mass is 16.6. The molecule has 27 heavy (non-hydrogen) atoms. The van der Waals surface area contributed by atoms with Gasteiger partial charge in [0.05, 0.1) is 18.1 Å². The number of aliphatic imine (C=N–C) groups is 1. The van der Waals surface area contributed by atoms with Crippen molar-refractivity contribution in [3.63, 3.8) is 0 Å². The first-order chi connectivity index (χ1) is 12.9. The van der Waals surface area contributed by atoms with Crippen LogP contribution in [-0.4, -0.2) is 74.3 Å². The molecule has 2 rings (SSSR count). The van der Waals surface area contributed by atoms with E-state index in [4.69, 9.17) is 4.74 Å². The normalized spacial score (nSPS) is 16.0. The third-order valence-corrected chi connectivity index (χ3v) is 4.60.